The lowest BCUT2D eigenvalue weighted by Crippen LogP contribution is -2.36. The van der Waals surface area contributed by atoms with Crippen LogP contribution >= 0.6 is 0 Å². The first-order valence-electron chi connectivity index (χ1n) is 13.0. The fourth-order valence-corrected chi connectivity index (χ4v) is 5.37. The van der Waals surface area contributed by atoms with Crippen molar-refractivity contribution in [2.75, 3.05) is 7.11 Å². The molecule has 31 heavy (non-hydrogen) atoms. The maximum Gasteiger partial charge on any atom is 0.125 e. The van der Waals surface area contributed by atoms with Crippen molar-refractivity contribution in [3.05, 3.63) is 22.8 Å². The second-order valence-electron chi connectivity index (χ2n) is 11.2. The van der Waals surface area contributed by atoms with Gasteiger partial charge in [-0.2, -0.15) is 0 Å². The molecule has 0 fully saturated rings. The minimum absolute atomic E-state index is 0.0227. The molecule has 0 radical (unpaired) electrons. The molecule has 1 aromatic rings. The van der Waals surface area contributed by atoms with Gasteiger partial charge in [-0.3, -0.25) is 0 Å². The Morgan fingerprint density at radius 2 is 1.52 bits per heavy atom. The molecule has 0 bridgehead atoms. The Hall–Kier alpha value is -1.18. The van der Waals surface area contributed by atoms with E-state index in [0.29, 0.717) is 0 Å². The van der Waals surface area contributed by atoms with Gasteiger partial charge in [0, 0.05) is 5.56 Å². The van der Waals surface area contributed by atoms with Gasteiger partial charge in [0.05, 0.1) is 7.11 Å². The minimum atomic E-state index is -0.0227. The van der Waals surface area contributed by atoms with Gasteiger partial charge < -0.3 is 9.47 Å². The van der Waals surface area contributed by atoms with Crippen molar-refractivity contribution < 1.29 is 9.47 Å². The molecule has 0 saturated heterocycles. The van der Waals surface area contributed by atoms with Gasteiger partial charge in [-0.15, -0.1) is 0 Å². The van der Waals surface area contributed by atoms with E-state index < -0.39 is 0 Å². The molecule has 2 rings (SSSR count). The second-order valence-corrected chi connectivity index (χ2v) is 11.2. The third-order valence-electron chi connectivity index (χ3n) is 7.54. The number of hydrogen-bond donors (Lipinski definition) is 0. The number of fused-ring (bicyclic) bond motifs is 1. The van der Waals surface area contributed by atoms with Crippen molar-refractivity contribution in [1.29, 1.82) is 0 Å². The highest BCUT2D eigenvalue weighted by atomic mass is 16.5. The van der Waals surface area contributed by atoms with E-state index in [-0.39, 0.29) is 5.60 Å². The SMILES string of the molecule is COc1c(C)cc2c(c1C)CCC(C)(CCCC(C)CCCC(C)CCCC(C)C)O2. The number of aryl methyl sites for hydroxylation is 1. The van der Waals surface area contributed by atoms with Gasteiger partial charge in [-0.05, 0) is 81.4 Å². The summed E-state index contributed by atoms with van der Waals surface area (Å²) in [7, 11) is 1.77. The molecule has 1 heterocycles. The molecule has 1 aliphatic rings. The number of hydrogen-bond acceptors (Lipinski definition) is 2. The topological polar surface area (TPSA) is 18.5 Å². The number of rotatable bonds is 13. The fraction of sp³-hybridized carbons (Fsp3) is 0.793. The van der Waals surface area contributed by atoms with Gasteiger partial charge in [0.25, 0.3) is 0 Å². The molecule has 0 aromatic heterocycles. The standard InChI is InChI=1S/C29H50O2/c1-21(2)12-9-13-22(3)14-10-15-23(4)16-11-18-29(7)19-17-26-25(6)28(30-8)24(5)20-27(26)31-29/h20-23H,9-19H2,1-8H3. The Kier molecular flexibility index (Phi) is 10.2. The molecule has 2 heteroatoms. The quantitative estimate of drug-likeness (QED) is 0.311. The van der Waals surface area contributed by atoms with Crippen LogP contribution in [0, 0.1) is 31.6 Å². The van der Waals surface area contributed by atoms with Crippen molar-refractivity contribution in [3.8, 4) is 11.5 Å². The molecule has 178 valence electrons. The molecule has 0 N–H and O–H groups in total. The highest BCUT2D eigenvalue weighted by molar-refractivity contribution is 5.53. The number of ether oxygens (including phenoxy) is 2. The fourth-order valence-electron chi connectivity index (χ4n) is 5.37. The smallest absolute Gasteiger partial charge is 0.125 e. The predicted molar refractivity (Wildman–Crippen MR) is 135 cm³/mol. The summed E-state index contributed by atoms with van der Waals surface area (Å²) in [6.07, 6.45) is 14.3. The second kappa shape index (κ2) is 12.2. The summed E-state index contributed by atoms with van der Waals surface area (Å²) in [5.74, 6) is 4.69. The van der Waals surface area contributed by atoms with E-state index in [2.05, 4.69) is 54.5 Å². The van der Waals surface area contributed by atoms with Gasteiger partial charge >= 0.3 is 0 Å². The Bertz CT molecular complexity index is 678. The Balaban J connectivity index is 1.71. The van der Waals surface area contributed by atoms with E-state index in [1.165, 1.54) is 68.1 Å². The van der Waals surface area contributed by atoms with E-state index in [1.807, 2.05) is 0 Å². The van der Waals surface area contributed by atoms with Crippen LogP contribution < -0.4 is 9.47 Å². The molecule has 0 aliphatic carbocycles. The van der Waals surface area contributed by atoms with Crippen LogP contribution in [0.3, 0.4) is 0 Å². The molecule has 3 unspecified atom stereocenters. The highest BCUT2D eigenvalue weighted by Crippen LogP contribution is 2.42. The lowest BCUT2D eigenvalue weighted by molar-refractivity contribution is 0.0520. The summed E-state index contributed by atoms with van der Waals surface area (Å²) in [4.78, 5) is 0. The molecule has 1 aromatic carbocycles. The Morgan fingerprint density at radius 3 is 2.10 bits per heavy atom. The van der Waals surface area contributed by atoms with E-state index >= 15 is 0 Å². The van der Waals surface area contributed by atoms with Crippen LogP contribution in [0.1, 0.15) is 116 Å². The molecule has 2 nitrogen and oxygen atoms in total. The van der Waals surface area contributed by atoms with Crippen molar-refractivity contribution in [2.24, 2.45) is 17.8 Å². The zero-order valence-electron chi connectivity index (χ0n) is 21.9. The van der Waals surface area contributed by atoms with Crippen LogP contribution in [0.15, 0.2) is 6.07 Å². The first-order chi connectivity index (χ1) is 14.6. The molecule has 0 saturated carbocycles. The molecular formula is C29H50O2. The Labute approximate surface area is 193 Å². The van der Waals surface area contributed by atoms with Crippen LogP contribution in [0.2, 0.25) is 0 Å². The summed E-state index contributed by atoms with van der Waals surface area (Å²) >= 11 is 0. The van der Waals surface area contributed by atoms with Gasteiger partial charge in [0.15, 0.2) is 0 Å². The van der Waals surface area contributed by atoms with Crippen LogP contribution in [-0.4, -0.2) is 12.7 Å². The first-order valence-corrected chi connectivity index (χ1v) is 13.0. The van der Waals surface area contributed by atoms with E-state index in [1.54, 1.807) is 7.11 Å². The average molecular weight is 431 g/mol. The van der Waals surface area contributed by atoms with Crippen LogP contribution in [0.5, 0.6) is 11.5 Å². The molecule has 3 atom stereocenters. The normalized spacial score (nSPS) is 20.3. The third-order valence-corrected chi connectivity index (χ3v) is 7.54. The summed E-state index contributed by atoms with van der Waals surface area (Å²) in [5, 5.41) is 0. The number of methoxy groups -OCH3 is 1. The molecule has 0 spiro atoms. The van der Waals surface area contributed by atoms with Crippen molar-refractivity contribution in [2.45, 2.75) is 125 Å². The van der Waals surface area contributed by atoms with E-state index in [0.717, 1.165) is 48.5 Å². The predicted octanol–water partition coefficient (Wildman–Crippen LogP) is 8.83. The monoisotopic (exact) mass is 430 g/mol. The van der Waals surface area contributed by atoms with Crippen molar-refractivity contribution >= 4 is 0 Å². The zero-order valence-corrected chi connectivity index (χ0v) is 21.9. The summed E-state index contributed by atoms with van der Waals surface area (Å²) in [6, 6.07) is 2.18. The maximum absolute atomic E-state index is 6.57. The van der Waals surface area contributed by atoms with Gasteiger partial charge in [-0.25, -0.2) is 0 Å². The van der Waals surface area contributed by atoms with E-state index in [9.17, 15) is 0 Å². The largest absolute Gasteiger partial charge is 0.496 e. The maximum atomic E-state index is 6.57. The van der Waals surface area contributed by atoms with Gasteiger partial charge in [0.2, 0.25) is 0 Å². The molecule has 1 aliphatic heterocycles. The van der Waals surface area contributed by atoms with Crippen LogP contribution in [0.25, 0.3) is 0 Å². The van der Waals surface area contributed by atoms with Crippen molar-refractivity contribution in [3.63, 3.8) is 0 Å². The van der Waals surface area contributed by atoms with Crippen molar-refractivity contribution in [1.82, 2.24) is 0 Å². The lowest BCUT2D eigenvalue weighted by Gasteiger charge is -2.37. The molecule has 0 amide bonds. The first kappa shape index (κ1) is 26.1. The summed E-state index contributed by atoms with van der Waals surface area (Å²) < 4.78 is 12.2. The Morgan fingerprint density at radius 1 is 0.935 bits per heavy atom. The highest BCUT2D eigenvalue weighted by Gasteiger charge is 2.33. The van der Waals surface area contributed by atoms with Crippen LogP contribution in [-0.2, 0) is 6.42 Å². The number of benzene rings is 1. The van der Waals surface area contributed by atoms with Crippen LogP contribution in [0.4, 0.5) is 0 Å². The zero-order chi connectivity index (χ0) is 23.0. The van der Waals surface area contributed by atoms with Gasteiger partial charge in [0.1, 0.15) is 17.1 Å². The average Bonchev–Trinajstić information content (AvgIpc) is 2.67. The third kappa shape index (κ3) is 8.03. The van der Waals surface area contributed by atoms with Gasteiger partial charge in [-0.1, -0.05) is 72.6 Å². The molecular weight excluding hydrogens is 380 g/mol. The minimum Gasteiger partial charge on any atom is -0.496 e. The van der Waals surface area contributed by atoms with E-state index in [4.69, 9.17) is 9.47 Å². The summed E-state index contributed by atoms with van der Waals surface area (Å²) in [5.41, 5.74) is 3.75. The lowest BCUT2D eigenvalue weighted by atomic mass is 9.85. The summed E-state index contributed by atoms with van der Waals surface area (Å²) in [6.45, 7) is 16.2.